The molecule has 0 N–H and O–H groups in total. The average molecular weight is 364 g/mol. The van der Waals surface area contributed by atoms with Crippen LogP contribution in [-0.4, -0.2) is 63.5 Å². The molecule has 2 aromatic rings. The average Bonchev–Trinajstić information content (AvgIpc) is 2.96. The van der Waals surface area contributed by atoms with Gasteiger partial charge in [0.1, 0.15) is 16.2 Å². The van der Waals surface area contributed by atoms with Crippen molar-refractivity contribution in [2.24, 2.45) is 0 Å². The second kappa shape index (κ2) is 7.48. The van der Waals surface area contributed by atoms with E-state index in [4.69, 9.17) is 0 Å². The quantitative estimate of drug-likeness (QED) is 0.614. The van der Waals surface area contributed by atoms with Crippen molar-refractivity contribution >= 4 is 45.1 Å². The number of aromatic nitrogens is 2. The van der Waals surface area contributed by atoms with Gasteiger partial charge in [-0.2, -0.15) is 0 Å². The molecule has 128 valence electrons. The molecule has 6 nitrogen and oxygen atoms in total. The van der Waals surface area contributed by atoms with Crippen molar-refractivity contribution in [3.05, 3.63) is 17.3 Å². The predicted octanol–water partition coefficient (Wildman–Crippen LogP) is 2.17. The molecule has 0 saturated carbocycles. The molecule has 0 radical (unpaired) electrons. The monoisotopic (exact) mass is 364 g/mol. The minimum atomic E-state index is 0.0801. The van der Waals surface area contributed by atoms with Crippen LogP contribution in [0.25, 0.3) is 10.2 Å². The van der Waals surface area contributed by atoms with E-state index in [1.54, 1.807) is 41.2 Å². The fourth-order valence-electron chi connectivity index (χ4n) is 2.73. The highest BCUT2D eigenvalue weighted by Gasteiger charge is 2.22. The molecule has 0 atom stereocenters. The molecule has 1 saturated heterocycles. The molecule has 0 unspecified atom stereocenters. The third-order valence-electron chi connectivity index (χ3n) is 4.05. The zero-order valence-electron chi connectivity index (χ0n) is 13.8. The maximum Gasteiger partial charge on any atom is 0.223 e. The highest BCUT2D eigenvalue weighted by molar-refractivity contribution is 7.99. The van der Waals surface area contributed by atoms with Crippen molar-refractivity contribution in [1.29, 1.82) is 0 Å². The molecule has 24 heavy (non-hydrogen) atoms. The highest BCUT2D eigenvalue weighted by atomic mass is 32.2. The molecule has 0 bridgehead atoms. The summed E-state index contributed by atoms with van der Waals surface area (Å²) in [5, 5.41) is 2.02. The lowest BCUT2D eigenvalue weighted by Crippen LogP contribution is -2.50. The van der Waals surface area contributed by atoms with Gasteiger partial charge in [0.05, 0.1) is 0 Å². The number of fused-ring (bicyclic) bond motifs is 1. The summed E-state index contributed by atoms with van der Waals surface area (Å²) in [4.78, 5) is 38.1. The van der Waals surface area contributed by atoms with Crippen LogP contribution in [0.4, 0.5) is 0 Å². The summed E-state index contributed by atoms with van der Waals surface area (Å²) in [6, 6.07) is 2.10. The smallest absolute Gasteiger partial charge is 0.223 e. The molecule has 3 rings (SSSR count). The van der Waals surface area contributed by atoms with Crippen molar-refractivity contribution < 1.29 is 9.59 Å². The van der Waals surface area contributed by atoms with Crippen molar-refractivity contribution in [3.8, 4) is 0 Å². The number of hydrogen-bond donors (Lipinski definition) is 0. The van der Waals surface area contributed by atoms with Gasteiger partial charge < -0.3 is 9.80 Å². The van der Waals surface area contributed by atoms with Gasteiger partial charge in [-0.1, -0.05) is 0 Å². The fourth-order valence-corrected chi connectivity index (χ4v) is 4.55. The molecule has 0 aliphatic carbocycles. The number of rotatable bonds is 4. The first-order valence-electron chi connectivity index (χ1n) is 7.92. The number of piperazine rings is 1. The Morgan fingerprint density at radius 3 is 2.62 bits per heavy atom. The number of thioether (sulfide) groups is 1. The van der Waals surface area contributed by atoms with E-state index in [2.05, 4.69) is 23.0 Å². The largest absolute Gasteiger partial charge is 0.339 e. The van der Waals surface area contributed by atoms with Gasteiger partial charge in [0, 0.05) is 55.5 Å². The van der Waals surface area contributed by atoms with Gasteiger partial charge in [-0.05, 0) is 13.0 Å². The third kappa shape index (κ3) is 3.87. The van der Waals surface area contributed by atoms with Crippen LogP contribution >= 0.6 is 23.1 Å². The maximum atomic E-state index is 12.3. The molecule has 2 aromatic heterocycles. The van der Waals surface area contributed by atoms with Crippen molar-refractivity contribution in [2.45, 2.75) is 25.3 Å². The second-order valence-corrected chi connectivity index (χ2v) is 8.06. The Bertz CT molecular complexity index is 754. The summed E-state index contributed by atoms with van der Waals surface area (Å²) in [6.07, 6.45) is 2.07. The van der Waals surface area contributed by atoms with Gasteiger partial charge in [-0.25, -0.2) is 9.97 Å². The van der Waals surface area contributed by atoms with Crippen LogP contribution in [0, 0.1) is 6.92 Å². The van der Waals surface area contributed by atoms with E-state index in [0.29, 0.717) is 38.4 Å². The van der Waals surface area contributed by atoms with Crippen LogP contribution in [0.1, 0.15) is 18.2 Å². The summed E-state index contributed by atoms with van der Waals surface area (Å²) < 4.78 is 0. The molecule has 1 aliphatic heterocycles. The van der Waals surface area contributed by atoms with Gasteiger partial charge in [0.25, 0.3) is 0 Å². The number of carbonyl (C=O) groups excluding carboxylic acids is 2. The van der Waals surface area contributed by atoms with Gasteiger partial charge in [0.2, 0.25) is 11.8 Å². The van der Waals surface area contributed by atoms with Gasteiger partial charge in [0.15, 0.2) is 0 Å². The van der Waals surface area contributed by atoms with E-state index in [-0.39, 0.29) is 11.8 Å². The number of amides is 2. The highest BCUT2D eigenvalue weighted by Crippen LogP contribution is 2.30. The van der Waals surface area contributed by atoms with E-state index in [1.165, 1.54) is 4.88 Å². The zero-order valence-corrected chi connectivity index (χ0v) is 15.5. The third-order valence-corrected chi connectivity index (χ3v) is 6.01. The standard InChI is InChI=1S/C16H20N4O2S2/c1-11-9-13-15(17-10-18-16(13)24-11)23-8-3-14(22)20-6-4-19(5-7-20)12(2)21/h9-10H,3-8H2,1-2H3. The molecule has 0 spiro atoms. The van der Waals surface area contributed by atoms with E-state index >= 15 is 0 Å². The Balaban J connectivity index is 1.51. The summed E-state index contributed by atoms with van der Waals surface area (Å²) in [5.74, 6) is 0.932. The summed E-state index contributed by atoms with van der Waals surface area (Å²) in [6.45, 7) is 6.16. The first-order chi connectivity index (χ1) is 11.5. The Morgan fingerprint density at radius 1 is 1.21 bits per heavy atom. The summed E-state index contributed by atoms with van der Waals surface area (Å²) in [7, 11) is 0. The number of nitrogens with zero attached hydrogens (tertiary/aromatic N) is 4. The Hall–Kier alpha value is -1.67. The molecule has 1 aliphatic rings. The molecule has 8 heteroatoms. The van der Waals surface area contributed by atoms with Crippen molar-refractivity contribution in [3.63, 3.8) is 0 Å². The number of carbonyl (C=O) groups is 2. The van der Waals surface area contributed by atoms with Crippen molar-refractivity contribution in [2.75, 3.05) is 31.9 Å². The Morgan fingerprint density at radius 2 is 1.92 bits per heavy atom. The van der Waals surface area contributed by atoms with Gasteiger partial charge >= 0.3 is 0 Å². The number of aryl methyl sites for hydroxylation is 1. The van der Waals surface area contributed by atoms with E-state index < -0.39 is 0 Å². The SMILES string of the molecule is CC(=O)N1CCN(C(=O)CCSc2ncnc3sc(C)cc23)CC1. The minimum Gasteiger partial charge on any atom is -0.339 e. The lowest BCUT2D eigenvalue weighted by atomic mass is 10.3. The molecular formula is C16H20N4O2S2. The van der Waals surface area contributed by atoms with E-state index in [1.807, 2.05) is 4.90 Å². The van der Waals surface area contributed by atoms with Crippen LogP contribution in [-0.2, 0) is 9.59 Å². The Kier molecular flexibility index (Phi) is 5.35. The maximum absolute atomic E-state index is 12.3. The second-order valence-electron chi connectivity index (χ2n) is 5.74. The minimum absolute atomic E-state index is 0.0801. The lowest BCUT2D eigenvalue weighted by molar-refractivity contribution is -0.138. The predicted molar refractivity (Wildman–Crippen MR) is 96.3 cm³/mol. The summed E-state index contributed by atoms with van der Waals surface area (Å²) >= 11 is 3.26. The number of thiophene rings is 1. The molecular weight excluding hydrogens is 344 g/mol. The topological polar surface area (TPSA) is 66.4 Å². The first kappa shape index (κ1) is 17.2. The van der Waals surface area contributed by atoms with E-state index in [0.717, 1.165) is 15.2 Å². The van der Waals surface area contributed by atoms with Gasteiger partial charge in [-0.3, -0.25) is 9.59 Å². The molecule has 3 heterocycles. The van der Waals surface area contributed by atoms with E-state index in [9.17, 15) is 9.59 Å². The summed E-state index contributed by atoms with van der Waals surface area (Å²) in [5.41, 5.74) is 0. The van der Waals surface area contributed by atoms with Crippen LogP contribution < -0.4 is 0 Å². The fraction of sp³-hybridized carbons (Fsp3) is 0.500. The van der Waals surface area contributed by atoms with Crippen LogP contribution in [0.2, 0.25) is 0 Å². The van der Waals surface area contributed by atoms with Crippen LogP contribution in [0.15, 0.2) is 17.4 Å². The normalized spacial score (nSPS) is 15.1. The number of hydrogen-bond acceptors (Lipinski definition) is 6. The van der Waals surface area contributed by atoms with Crippen molar-refractivity contribution in [1.82, 2.24) is 19.8 Å². The van der Waals surface area contributed by atoms with Crippen LogP contribution in [0.5, 0.6) is 0 Å². The molecule has 0 aromatic carbocycles. The molecule has 2 amide bonds. The lowest BCUT2D eigenvalue weighted by Gasteiger charge is -2.34. The molecule has 1 fully saturated rings. The Labute approximate surface area is 149 Å². The zero-order chi connectivity index (χ0) is 17.1. The van der Waals surface area contributed by atoms with Crippen LogP contribution in [0.3, 0.4) is 0 Å². The van der Waals surface area contributed by atoms with Gasteiger partial charge in [-0.15, -0.1) is 23.1 Å². The first-order valence-corrected chi connectivity index (χ1v) is 9.72.